The van der Waals surface area contributed by atoms with Gasteiger partial charge in [0.05, 0.1) is 0 Å². The molecule has 220 valence electrons. The fraction of sp³-hybridized carbons (Fsp3) is 0.833. The Morgan fingerprint density at radius 3 is 1.53 bits per heavy atom. The van der Waals surface area contributed by atoms with Gasteiger partial charge in [0.2, 0.25) is 0 Å². The summed E-state index contributed by atoms with van der Waals surface area (Å²) in [5.41, 5.74) is 0. The summed E-state index contributed by atoms with van der Waals surface area (Å²) in [7, 11) is 0. The molecule has 1 N–H and O–H groups in total. The summed E-state index contributed by atoms with van der Waals surface area (Å²) >= 11 is 30.7. The van der Waals surface area contributed by atoms with Crippen molar-refractivity contribution in [1.29, 1.82) is 0 Å². The number of carboxylic acids is 1. The molecule has 2 aliphatic carbocycles. The van der Waals surface area contributed by atoms with Gasteiger partial charge in [-0.3, -0.25) is 9.59 Å². The molecule has 0 aromatic carbocycles. The van der Waals surface area contributed by atoms with E-state index >= 15 is 0 Å². The summed E-state index contributed by atoms with van der Waals surface area (Å²) in [6, 6.07) is 0. The van der Waals surface area contributed by atoms with Crippen molar-refractivity contribution in [2.75, 3.05) is 26.2 Å². The molecular weight excluding hydrogens is 657 g/mol. The maximum Gasteiger partial charge on any atom is 1.00 e. The van der Waals surface area contributed by atoms with E-state index in [1.54, 1.807) is 0 Å². The number of carbonyl (C=O) groups excluding carboxylic acids is 1. The van der Waals surface area contributed by atoms with Gasteiger partial charge in [-0.05, 0) is 53.4 Å². The number of carboxylic acid groups (broad SMARTS) is 1. The fourth-order valence-electron chi connectivity index (χ4n) is 3.62. The largest absolute Gasteiger partial charge is 1.00 e. The Morgan fingerprint density at radius 1 is 0.921 bits per heavy atom. The van der Waals surface area contributed by atoms with Crippen LogP contribution in [0.1, 0.15) is 91.9 Å². The summed E-state index contributed by atoms with van der Waals surface area (Å²) < 4.78 is -0.105. The normalized spacial score (nSPS) is 15.3. The first-order valence-electron chi connectivity index (χ1n) is 12.5. The van der Waals surface area contributed by atoms with Crippen LogP contribution in [0.3, 0.4) is 0 Å². The van der Waals surface area contributed by atoms with Gasteiger partial charge in [-0.1, -0.05) is 88.8 Å². The van der Waals surface area contributed by atoms with E-state index < -0.39 is 15.0 Å². The fourth-order valence-corrected chi connectivity index (χ4v) is 6.18. The first kappa shape index (κ1) is 46.6. The molecule has 0 amide bonds. The third-order valence-corrected chi connectivity index (χ3v) is 8.22. The molecule has 2 fully saturated rings. The van der Waals surface area contributed by atoms with Gasteiger partial charge in [0, 0.05) is 39.0 Å². The van der Waals surface area contributed by atoms with Gasteiger partial charge in [0.1, 0.15) is 14.9 Å². The second-order valence-electron chi connectivity index (χ2n) is 8.19. The third-order valence-electron chi connectivity index (χ3n) is 5.79. The van der Waals surface area contributed by atoms with Crippen LogP contribution in [-0.2, 0) is 22.2 Å². The average Bonchev–Trinajstić information content (AvgIpc) is 2.82. The average molecular weight is 701 g/mol. The van der Waals surface area contributed by atoms with Crippen LogP contribution in [0.5, 0.6) is 0 Å². The van der Waals surface area contributed by atoms with E-state index in [9.17, 15) is 14.7 Å². The van der Waals surface area contributed by atoms with Crippen molar-refractivity contribution in [2.24, 2.45) is 0 Å². The van der Waals surface area contributed by atoms with Crippen LogP contribution in [0.25, 0.3) is 0 Å². The van der Waals surface area contributed by atoms with Crippen LogP contribution >= 0.6 is 83.4 Å². The van der Waals surface area contributed by atoms with E-state index in [1.165, 1.54) is 18.2 Å². The number of alkyl halides is 3. The SMILES string of the molecule is CCN(CC)C(=S)SC1(C(=O)O)CCCCC1.CCN(CC)C(=S)[S-].Cl.ClC(Cl)Cl.O=C1CCCCC1.[Na+]. The molecule has 38 heavy (non-hydrogen) atoms. The zero-order valence-electron chi connectivity index (χ0n) is 23.3. The zero-order valence-corrected chi connectivity index (χ0v) is 31.7. The predicted molar refractivity (Wildman–Crippen MR) is 176 cm³/mol. The number of carbonyl (C=O) groups is 2. The maximum absolute atomic E-state index is 11.5. The minimum absolute atomic E-state index is 0. The van der Waals surface area contributed by atoms with Crippen molar-refractivity contribution in [3.05, 3.63) is 0 Å². The van der Waals surface area contributed by atoms with Gasteiger partial charge in [-0.2, -0.15) is 0 Å². The molecule has 2 rings (SSSR count). The number of Topliss-reactive ketones (excluding diaryl/α,β-unsaturated/α-hetero) is 1. The standard InChI is InChI=1S/C12H21NO2S2.C6H10O.C5H11NS2.CHCl3.ClH.Na/c1-3-13(4-2)11(16)17-12(10(14)15)8-6-5-7-9-12;7-6-4-2-1-3-5-6;1-3-6(4-2)5(7)8;2-1(3)4;;/h3-9H2,1-2H3,(H,14,15);1-5H2;3-4H2,1-2H3,(H,7,8);1H;1H;/q;;;;;+1/p-1. The maximum atomic E-state index is 11.5. The van der Waals surface area contributed by atoms with Crippen molar-refractivity contribution >= 4 is 116 Å². The van der Waals surface area contributed by atoms with Crippen LogP contribution in [0, 0.1) is 0 Å². The molecule has 2 aliphatic rings. The molecule has 0 unspecified atom stereocenters. The number of hydrogen-bond donors (Lipinski definition) is 1. The minimum atomic E-state index is -0.750. The van der Waals surface area contributed by atoms with E-state index in [2.05, 4.69) is 4.90 Å². The molecule has 0 aliphatic heterocycles. The van der Waals surface area contributed by atoms with E-state index in [0.717, 1.165) is 88.3 Å². The molecule has 5 nitrogen and oxygen atoms in total. The van der Waals surface area contributed by atoms with Crippen LogP contribution in [-0.4, -0.2) is 70.5 Å². The molecule has 0 spiro atoms. The molecular formula is C24H43Cl4N2NaO3S4. The predicted octanol–water partition coefficient (Wildman–Crippen LogP) is 5.23. The van der Waals surface area contributed by atoms with Crippen molar-refractivity contribution in [3.8, 4) is 0 Å². The smallest absolute Gasteiger partial charge is 0.480 e. The monoisotopic (exact) mass is 698 g/mol. The van der Waals surface area contributed by atoms with Gasteiger partial charge >= 0.3 is 35.5 Å². The van der Waals surface area contributed by atoms with Crippen LogP contribution < -0.4 is 29.6 Å². The molecule has 2 saturated carbocycles. The van der Waals surface area contributed by atoms with Crippen LogP contribution in [0.15, 0.2) is 0 Å². The van der Waals surface area contributed by atoms with E-state index in [-0.39, 0.29) is 42.0 Å². The quantitative estimate of drug-likeness (QED) is 0.174. The molecule has 14 heteroatoms. The van der Waals surface area contributed by atoms with Gasteiger partial charge in [0.15, 0.2) is 4.30 Å². The number of ketones is 1. The number of aliphatic carboxylic acids is 1. The van der Waals surface area contributed by atoms with Crippen LogP contribution in [0.4, 0.5) is 0 Å². The molecule has 0 atom stereocenters. The van der Waals surface area contributed by atoms with Crippen molar-refractivity contribution < 1.29 is 44.3 Å². The molecule has 0 radical (unpaired) electrons. The molecule has 0 saturated heterocycles. The van der Waals surface area contributed by atoms with Gasteiger partial charge < -0.3 is 39.8 Å². The Morgan fingerprint density at radius 2 is 1.29 bits per heavy atom. The summed E-state index contributed by atoms with van der Waals surface area (Å²) in [6.07, 6.45) is 9.88. The van der Waals surface area contributed by atoms with E-state index in [4.69, 9.17) is 71.9 Å². The summed E-state index contributed by atoms with van der Waals surface area (Å²) in [5, 5.41) is 9.47. The van der Waals surface area contributed by atoms with Crippen molar-refractivity contribution in [2.45, 2.75) is 101 Å². The first-order valence-corrected chi connectivity index (χ1v) is 15.9. The topological polar surface area (TPSA) is 60.9 Å². The van der Waals surface area contributed by atoms with E-state index in [1.807, 2.05) is 32.6 Å². The van der Waals surface area contributed by atoms with Crippen molar-refractivity contribution in [3.63, 3.8) is 0 Å². The summed E-state index contributed by atoms with van der Waals surface area (Å²) in [4.78, 5) is 26.0. The number of halogens is 4. The molecule has 0 aromatic rings. The Balaban J connectivity index is -0.000000231. The Labute approximate surface area is 294 Å². The van der Waals surface area contributed by atoms with Crippen molar-refractivity contribution in [1.82, 2.24) is 9.80 Å². The second-order valence-corrected chi connectivity index (χ2v) is 13.2. The van der Waals surface area contributed by atoms with E-state index in [0.29, 0.717) is 10.1 Å². The number of thiocarbonyl (C=S) groups is 2. The second kappa shape index (κ2) is 28.8. The summed E-state index contributed by atoms with van der Waals surface area (Å²) in [5.74, 6) is -0.233. The Kier molecular flexibility index (Phi) is 35.3. The number of rotatable bonds is 6. The number of nitrogens with zero attached hydrogens (tertiary/aromatic N) is 2. The third kappa shape index (κ3) is 23.2. The van der Waals surface area contributed by atoms with Crippen LogP contribution in [0.2, 0.25) is 0 Å². The summed E-state index contributed by atoms with van der Waals surface area (Å²) in [6.45, 7) is 11.7. The zero-order chi connectivity index (χ0) is 28.1. The molecule has 0 bridgehead atoms. The first-order chi connectivity index (χ1) is 16.9. The Bertz CT molecular complexity index is 643. The number of thioether (sulfide) groups is 1. The molecule has 0 aromatic heterocycles. The number of hydrogen-bond acceptors (Lipinski definition) is 6. The van der Waals surface area contributed by atoms with Gasteiger partial charge in [0.25, 0.3) is 0 Å². The Hall–Kier alpha value is 1.65. The minimum Gasteiger partial charge on any atom is -0.480 e. The van der Waals surface area contributed by atoms with Gasteiger partial charge in [-0.15, -0.1) is 12.4 Å². The van der Waals surface area contributed by atoms with Gasteiger partial charge in [-0.25, -0.2) is 0 Å². The molecule has 0 heterocycles.